The minimum absolute atomic E-state index is 0.0745. The van der Waals surface area contributed by atoms with Crippen LogP contribution in [0.3, 0.4) is 0 Å². The second-order valence-electron chi connectivity index (χ2n) is 9.79. The van der Waals surface area contributed by atoms with E-state index in [-0.39, 0.29) is 11.3 Å². The molecule has 0 aliphatic rings. The van der Waals surface area contributed by atoms with Gasteiger partial charge in [-0.15, -0.1) is 0 Å². The van der Waals surface area contributed by atoms with Gasteiger partial charge in [0.15, 0.2) is 5.65 Å². The van der Waals surface area contributed by atoms with Crippen LogP contribution in [-0.4, -0.2) is 39.8 Å². The standard InChI is InChI=1S/C30H36N4O4S/c1-3-5-7-10-20-39(37,38)33-27-19-18-26-29(32-27)34(28(31-26)13-6-4-2)21-22-14-16-23(17-15-22)24-11-8-9-12-25(24)30(35)36/h8-9,11-12,14-19H,3-7,10,13,20-21H2,1-2H3,(H,32,33)(H,35,36). The third-order valence-electron chi connectivity index (χ3n) is 6.72. The molecular weight excluding hydrogens is 512 g/mol. The molecule has 0 unspecified atom stereocenters. The predicted octanol–water partition coefficient (Wildman–Crippen LogP) is 6.51. The molecule has 206 valence electrons. The molecular formula is C30H36N4O4S. The number of aromatic carboxylic acids is 1. The second-order valence-corrected chi connectivity index (χ2v) is 11.6. The number of rotatable bonds is 14. The highest BCUT2D eigenvalue weighted by molar-refractivity contribution is 7.92. The molecule has 2 aromatic heterocycles. The zero-order chi connectivity index (χ0) is 27.8. The zero-order valence-electron chi connectivity index (χ0n) is 22.6. The molecule has 0 spiro atoms. The van der Waals surface area contributed by atoms with E-state index in [0.717, 1.165) is 61.0 Å². The van der Waals surface area contributed by atoms with Gasteiger partial charge in [0, 0.05) is 6.42 Å². The van der Waals surface area contributed by atoms with Gasteiger partial charge in [-0.25, -0.2) is 23.2 Å². The van der Waals surface area contributed by atoms with Gasteiger partial charge in [-0.05, 0) is 47.7 Å². The number of imidazole rings is 1. The molecule has 4 aromatic rings. The first-order chi connectivity index (χ1) is 18.8. The van der Waals surface area contributed by atoms with Crippen LogP contribution in [0.25, 0.3) is 22.3 Å². The van der Waals surface area contributed by atoms with Gasteiger partial charge in [0.2, 0.25) is 10.0 Å². The quantitative estimate of drug-likeness (QED) is 0.174. The number of aromatic nitrogens is 3. The minimum Gasteiger partial charge on any atom is -0.478 e. The van der Waals surface area contributed by atoms with Crippen molar-refractivity contribution >= 4 is 33.0 Å². The number of aryl methyl sites for hydroxylation is 1. The molecule has 0 amide bonds. The highest BCUT2D eigenvalue weighted by atomic mass is 32.2. The number of benzene rings is 2. The van der Waals surface area contributed by atoms with E-state index < -0.39 is 16.0 Å². The summed E-state index contributed by atoms with van der Waals surface area (Å²) in [6, 6.07) is 18.2. The Hall–Kier alpha value is -3.72. The van der Waals surface area contributed by atoms with E-state index in [2.05, 4.69) is 23.6 Å². The van der Waals surface area contributed by atoms with Crippen LogP contribution in [0.4, 0.5) is 5.82 Å². The van der Waals surface area contributed by atoms with Gasteiger partial charge in [-0.1, -0.05) is 82.0 Å². The fourth-order valence-corrected chi connectivity index (χ4v) is 5.74. The Bertz CT molecular complexity index is 1530. The van der Waals surface area contributed by atoms with E-state index >= 15 is 0 Å². The lowest BCUT2D eigenvalue weighted by Gasteiger charge is -2.12. The number of fused-ring (bicyclic) bond motifs is 1. The molecule has 0 saturated heterocycles. The summed E-state index contributed by atoms with van der Waals surface area (Å²) in [5.41, 5.74) is 4.12. The van der Waals surface area contributed by atoms with Crippen LogP contribution in [-0.2, 0) is 23.0 Å². The lowest BCUT2D eigenvalue weighted by molar-refractivity contribution is 0.0697. The Morgan fingerprint density at radius 3 is 2.36 bits per heavy atom. The van der Waals surface area contributed by atoms with Gasteiger partial charge in [0.1, 0.15) is 17.2 Å². The summed E-state index contributed by atoms with van der Waals surface area (Å²) in [5.74, 6) is 0.310. The van der Waals surface area contributed by atoms with Crippen molar-refractivity contribution in [1.29, 1.82) is 0 Å². The van der Waals surface area contributed by atoms with Crippen molar-refractivity contribution in [3.63, 3.8) is 0 Å². The largest absolute Gasteiger partial charge is 0.478 e. The number of carboxylic acids is 1. The first-order valence-corrected chi connectivity index (χ1v) is 15.2. The number of carbonyl (C=O) groups is 1. The summed E-state index contributed by atoms with van der Waals surface area (Å²) in [5, 5.41) is 9.55. The molecule has 0 atom stereocenters. The Morgan fingerprint density at radius 2 is 1.64 bits per heavy atom. The average molecular weight is 549 g/mol. The van der Waals surface area contributed by atoms with Gasteiger partial charge in [0.05, 0.1) is 17.9 Å². The van der Waals surface area contributed by atoms with E-state index in [0.29, 0.717) is 30.0 Å². The first-order valence-electron chi connectivity index (χ1n) is 13.6. The van der Waals surface area contributed by atoms with Crippen molar-refractivity contribution in [2.45, 2.75) is 65.3 Å². The van der Waals surface area contributed by atoms with Crippen LogP contribution >= 0.6 is 0 Å². The van der Waals surface area contributed by atoms with Crippen molar-refractivity contribution in [2.75, 3.05) is 10.5 Å². The van der Waals surface area contributed by atoms with Gasteiger partial charge in [0.25, 0.3) is 0 Å². The lowest BCUT2D eigenvalue weighted by Crippen LogP contribution is -2.17. The molecule has 2 heterocycles. The zero-order valence-corrected chi connectivity index (χ0v) is 23.4. The van der Waals surface area contributed by atoms with Crippen LogP contribution < -0.4 is 4.72 Å². The number of anilines is 1. The first kappa shape index (κ1) is 28.3. The van der Waals surface area contributed by atoms with Crippen molar-refractivity contribution < 1.29 is 18.3 Å². The summed E-state index contributed by atoms with van der Waals surface area (Å²) >= 11 is 0. The van der Waals surface area contributed by atoms with Crippen LogP contribution in [0.2, 0.25) is 0 Å². The number of pyridine rings is 1. The summed E-state index contributed by atoms with van der Waals surface area (Å²) in [6.07, 6.45) is 6.37. The molecule has 2 aromatic carbocycles. The molecule has 0 aliphatic heterocycles. The topological polar surface area (TPSA) is 114 Å². The minimum atomic E-state index is -3.49. The Morgan fingerprint density at radius 1 is 0.897 bits per heavy atom. The molecule has 39 heavy (non-hydrogen) atoms. The van der Waals surface area contributed by atoms with Gasteiger partial charge >= 0.3 is 5.97 Å². The SMILES string of the molecule is CCCCCCS(=O)(=O)Nc1ccc2nc(CCCC)n(Cc3ccc(-c4ccccc4C(=O)O)cc3)c2n1. The third-order valence-corrected chi connectivity index (χ3v) is 8.06. The number of nitrogens with zero attached hydrogens (tertiary/aromatic N) is 3. The monoisotopic (exact) mass is 548 g/mol. The predicted molar refractivity (Wildman–Crippen MR) is 156 cm³/mol. The van der Waals surface area contributed by atoms with Crippen molar-refractivity contribution in [3.05, 3.63) is 77.6 Å². The number of hydrogen-bond acceptors (Lipinski definition) is 5. The molecule has 0 bridgehead atoms. The highest BCUT2D eigenvalue weighted by Crippen LogP contribution is 2.26. The number of hydrogen-bond donors (Lipinski definition) is 2. The Labute approximate surface area is 230 Å². The number of carboxylic acid groups (broad SMARTS) is 1. The van der Waals surface area contributed by atoms with E-state index in [1.807, 2.05) is 41.0 Å². The molecule has 2 N–H and O–H groups in total. The normalized spacial score (nSPS) is 11.6. The van der Waals surface area contributed by atoms with E-state index in [4.69, 9.17) is 4.98 Å². The summed E-state index contributed by atoms with van der Waals surface area (Å²) < 4.78 is 29.9. The van der Waals surface area contributed by atoms with E-state index in [1.54, 1.807) is 24.3 Å². The molecule has 0 saturated carbocycles. The third kappa shape index (κ3) is 7.23. The van der Waals surface area contributed by atoms with Gasteiger partial charge < -0.3 is 9.67 Å². The van der Waals surface area contributed by atoms with Gasteiger partial charge in [-0.2, -0.15) is 0 Å². The van der Waals surface area contributed by atoms with E-state index in [1.165, 1.54) is 0 Å². The van der Waals surface area contributed by atoms with Crippen LogP contribution in [0, 0.1) is 0 Å². The maximum absolute atomic E-state index is 12.6. The Balaban J connectivity index is 1.61. The molecule has 0 fully saturated rings. The number of unbranched alkanes of at least 4 members (excludes halogenated alkanes) is 4. The Kier molecular flexibility index (Phi) is 9.35. The fourth-order valence-electron chi connectivity index (χ4n) is 4.62. The van der Waals surface area contributed by atoms with Crippen LogP contribution in [0.15, 0.2) is 60.7 Å². The summed E-state index contributed by atoms with van der Waals surface area (Å²) in [4.78, 5) is 21.1. The lowest BCUT2D eigenvalue weighted by atomic mass is 9.99. The van der Waals surface area contributed by atoms with Crippen molar-refractivity contribution in [1.82, 2.24) is 14.5 Å². The molecule has 0 aliphatic carbocycles. The average Bonchev–Trinajstić information content (AvgIpc) is 3.26. The fraction of sp³-hybridized carbons (Fsp3) is 0.367. The molecule has 8 nitrogen and oxygen atoms in total. The van der Waals surface area contributed by atoms with Gasteiger partial charge in [-0.3, -0.25) is 4.72 Å². The smallest absolute Gasteiger partial charge is 0.336 e. The van der Waals surface area contributed by atoms with Crippen molar-refractivity contribution in [2.24, 2.45) is 0 Å². The molecule has 9 heteroatoms. The summed E-state index contributed by atoms with van der Waals surface area (Å²) in [6.45, 7) is 4.74. The number of nitrogens with one attached hydrogen (secondary N) is 1. The molecule has 4 rings (SSSR count). The van der Waals surface area contributed by atoms with Crippen molar-refractivity contribution in [3.8, 4) is 11.1 Å². The maximum Gasteiger partial charge on any atom is 0.336 e. The maximum atomic E-state index is 12.6. The second kappa shape index (κ2) is 12.9. The highest BCUT2D eigenvalue weighted by Gasteiger charge is 2.17. The number of sulfonamides is 1. The summed E-state index contributed by atoms with van der Waals surface area (Å²) in [7, 11) is -3.49. The van der Waals surface area contributed by atoms with E-state index in [9.17, 15) is 18.3 Å². The van der Waals surface area contributed by atoms with Crippen LogP contribution in [0.1, 0.15) is 74.1 Å². The van der Waals surface area contributed by atoms with Crippen LogP contribution in [0.5, 0.6) is 0 Å². The molecule has 0 radical (unpaired) electrons.